The van der Waals surface area contributed by atoms with E-state index in [0.29, 0.717) is 6.54 Å². The third-order valence-electron chi connectivity index (χ3n) is 4.78. The van der Waals surface area contributed by atoms with Crippen LogP contribution in [0.2, 0.25) is 0 Å². The summed E-state index contributed by atoms with van der Waals surface area (Å²) in [5, 5.41) is 0. The number of amides is 1. The van der Waals surface area contributed by atoms with Crippen LogP contribution in [0.4, 0.5) is 0 Å². The number of carbonyl (C=O) groups is 1. The first-order chi connectivity index (χ1) is 9.94. The first kappa shape index (κ1) is 16.0. The number of nitrogens with zero attached hydrogens (tertiary/aromatic N) is 1. The van der Waals surface area contributed by atoms with Gasteiger partial charge in [0.15, 0.2) is 0 Å². The molecule has 1 aromatic carbocycles. The molecule has 3 nitrogen and oxygen atoms in total. The average molecular weight is 288 g/mol. The van der Waals surface area contributed by atoms with Gasteiger partial charge in [-0.05, 0) is 37.3 Å². The van der Waals surface area contributed by atoms with Crippen LogP contribution in [-0.2, 0) is 17.8 Å². The fraction of sp³-hybridized carbons (Fsp3) is 0.611. The SMILES string of the molecule is CCc1ccc(CN(C)C(=O)C2CCCCC2(C)N)cc1. The van der Waals surface area contributed by atoms with Gasteiger partial charge in [0, 0.05) is 19.1 Å². The molecule has 0 bridgehead atoms. The van der Waals surface area contributed by atoms with Crippen molar-refractivity contribution < 1.29 is 4.79 Å². The first-order valence-electron chi connectivity index (χ1n) is 8.05. The molecule has 0 aliphatic heterocycles. The highest BCUT2D eigenvalue weighted by Crippen LogP contribution is 2.32. The highest BCUT2D eigenvalue weighted by atomic mass is 16.2. The molecule has 2 unspecified atom stereocenters. The van der Waals surface area contributed by atoms with Crippen molar-refractivity contribution in [1.29, 1.82) is 0 Å². The van der Waals surface area contributed by atoms with Crippen LogP contribution in [-0.4, -0.2) is 23.4 Å². The molecule has 3 heteroatoms. The van der Waals surface area contributed by atoms with E-state index in [1.165, 1.54) is 11.1 Å². The maximum atomic E-state index is 12.7. The molecule has 2 rings (SSSR count). The smallest absolute Gasteiger partial charge is 0.227 e. The van der Waals surface area contributed by atoms with Gasteiger partial charge in [-0.2, -0.15) is 0 Å². The molecular weight excluding hydrogens is 260 g/mol. The summed E-state index contributed by atoms with van der Waals surface area (Å²) in [6.45, 7) is 4.84. The Bertz CT molecular complexity index is 478. The minimum absolute atomic E-state index is 0.0360. The summed E-state index contributed by atoms with van der Waals surface area (Å²) in [7, 11) is 1.89. The molecule has 1 aliphatic carbocycles. The molecular formula is C18H28N2O. The molecule has 0 radical (unpaired) electrons. The zero-order chi connectivity index (χ0) is 15.5. The topological polar surface area (TPSA) is 46.3 Å². The molecule has 0 saturated heterocycles. The predicted molar refractivity (Wildman–Crippen MR) is 86.8 cm³/mol. The summed E-state index contributed by atoms with van der Waals surface area (Å²) in [6.07, 6.45) is 5.16. The van der Waals surface area contributed by atoms with Crippen molar-refractivity contribution in [3.05, 3.63) is 35.4 Å². The molecule has 0 aromatic heterocycles. The molecule has 1 aromatic rings. The Balaban J connectivity index is 2.01. The second-order valence-electron chi connectivity index (χ2n) is 6.67. The summed E-state index contributed by atoms with van der Waals surface area (Å²) in [5.74, 6) is 0.158. The predicted octanol–water partition coefficient (Wildman–Crippen LogP) is 3.12. The second-order valence-corrected chi connectivity index (χ2v) is 6.67. The van der Waals surface area contributed by atoms with Crippen molar-refractivity contribution in [2.24, 2.45) is 11.7 Å². The number of hydrogen-bond donors (Lipinski definition) is 1. The Labute approximate surface area is 128 Å². The lowest BCUT2D eigenvalue weighted by molar-refractivity contribution is -0.138. The average Bonchev–Trinajstić information content (AvgIpc) is 2.47. The van der Waals surface area contributed by atoms with E-state index in [9.17, 15) is 4.79 Å². The Morgan fingerprint density at radius 3 is 2.48 bits per heavy atom. The highest BCUT2D eigenvalue weighted by Gasteiger charge is 2.38. The Kier molecular flexibility index (Phi) is 5.04. The Morgan fingerprint density at radius 2 is 1.90 bits per heavy atom. The van der Waals surface area contributed by atoms with E-state index in [1.54, 1.807) is 0 Å². The summed E-state index contributed by atoms with van der Waals surface area (Å²) in [6, 6.07) is 8.51. The van der Waals surface area contributed by atoms with Gasteiger partial charge < -0.3 is 10.6 Å². The number of benzene rings is 1. The maximum absolute atomic E-state index is 12.7. The monoisotopic (exact) mass is 288 g/mol. The molecule has 1 amide bonds. The van der Waals surface area contributed by atoms with Crippen LogP contribution in [0.15, 0.2) is 24.3 Å². The van der Waals surface area contributed by atoms with Crippen molar-refractivity contribution in [3.8, 4) is 0 Å². The fourth-order valence-corrected chi connectivity index (χ4v) is 3.26. The van der Waals surface area contributed by atoms with Crippen molar-refractivity contribution in [3.63, 3.8) is 0 Å². The normalized spacial score (nSPS) is 25.6. The number of nitrogens with two attached hydrogens (primary N) is 1. The van der Waals surface area contributed by atoms with E-state index in [0.717, 1.165) is 32.1 Å². The van der Waals surface area contributed by atoms with Gasteiger partial charge >= 0.3 is 0 Å². The fourth-order valence-electron chi connectivity index (χ4n) is 3.26. The van der Waals surface area contributed by atoms with Crippen LogP contribution in [0.5, 0.6) is 0 Å². The second kappa shape index (κ2) is 6.61. The van der Waals surface area contributed by atoms with E-state index >= 15 is 0 Å². The molecule has 1 aliphatic rings. The molecule has 2 atom stereocenters. The third-order valence-corrected chi connectivity index (χ3v) is 4.78. The molecule has 0 heterocycles. The number of carbonyl (C=O) groups excluding carboxylic acids is 1. The minimum Gasteiger partial charge on any atom is -0.341 e. The zero-order valence-electron chi connectivity index (χ0n) is 13.6. The van der Waals surface area contributed by atoms with Crippen LogP contribution in [0, 0.1) is 5.92 Å². The van der Waals surface area contributed by atoms with Gasteiger partial charge in [0.1, 0.15) is 0 Å². The number of rotatable bonds is 4. The molecule has 21 heavy (non-hydrogen) atoms. The zero-order valence-corrected chi connectivity index (χ0v) is 13.6. The molecule has 116 valence electrons. The molecule has 1 fully saturated rings. The van der Waals surface area contributed by atoms with Crippen LogP contribution < -0.4 is 5.73 Å². The summed E-state index contributed by atoms with van der Waals surface area (Å²) < 4.78 is 0. The van der Waals surface area contributed by atoms with Crippen LogP contribution >= 0.6 is 0 Å². The van der Waals surface area contributed by atoms with Crippen molar-refractivity contribution in [2.75, 3.05) is 7.05 Å². The summed E-state index contributed by atoms with van der Waals surface area (Å²) >= 11 is 0. The Hall–Kier alpha value is -1.35. The van der Waals surface area contributed by atoms with Gasteiger partial charge in [0.25, 0.3) is 0 Å². The lowest BCUT2D eigenvalue weighted by Gasteiger charge is -2.39. The van der Waals surface area contributed by atoms with Gasteiger partial charge in [-0.3, -0.25) is 4.79 Å². The minimum atomic E-state index is -0.352. The van der Waals surface area contributed by atoms with Crippen LogP contribution in [0.1, 0.15) is 50.7 Å². The Morgan fingerprint density at radius 1 is 1.29 bits per heavy atom. The van der Waals surface area contributed by atoms with E-state index in [4.69, 9.17) is 5.73 Å². The third kappa shape index (κ3) is 3.85. The lowest BCUT2D eigenvalue weighted by atomic mass is 9.74. The summed E-state index contributed by atoms with van der Waals surface area (Å²) in [5.41, 5.74) is 8.50. The van der Waals surface area contributed by atoms with Gasteiger partial charge in [-0.25, -0.2) is 0 Å². The van der Waals surface area contributed by atoms with E-state index in [2.05, 4.69) is 31.2 Å². The summed E-state index contributed by atoms with van der Waals surface area (Å²) in [4.78, 5) is 14.5. The van der Waals surface area contributed by atoms with E-state index in [1.807, 2.05) is 18.9 Å². The lowest BCUT2D eigenvalue weighted by Crippen LogP contribution is -2.53. The van der Waals surface area contributed by atoms with Crippen molar-refractivity contribution >= 4 is 5.91 Å². The quantitative estimate of drug-likeness (QED) is 0.925. The first-order valence-corrected chi connectivity index (χ1v) is 8.05. The molecule has 0 spiro atoms. The van der Waals surface area contributed by atoms with Gasteiger partial charge in [-0.15, -0.1) is 0 Å². The van der Waals surface area contributed by atoms with Gasteiger partial charge in [-0.1, -0.05) is 44.0 Å². The molecule has 2 N–H and O–H groups in total. The van der Waals surface area contributed by atoms with Gasteiger partial charge in [0.2, 0.25) is 5.91 Å². The van der Waals surface area contributed by atoms with Crippen LogP contribution in [0.25, 0.3) is 0 Å². The van der Waals surface area contributed by atoms with E-state index < -0.39 is 0 Å². The standard InChI is InChI=1S/C18H28N2O/c1-4-14-8-10-15(11-9-14)13-20(3)17(21)16-7-5-6-12-18(16,2)19/h8-11,16H,4-7,12-13,19H2,1-3H3. The molecule has 1 saturated carbocycles. The number of hydrogen-bond acceptors (Lipinski definition) is 2. The number of aryl methyl sites for hydroxylation is 1. The van der Waals surface area contributed by atoms with Crippen LogP contribution in [0.3, 0.4) is 0 Å². The highest BCUT2D eigenvalue weighted by molar-refractivity contribution is 5.80. The van der Waals surface area contributed by atoms with Crippen molar-refractivity contribution in [2.45, 2.75) is 58.0 Å². The maximum Gasteiger partial charge on any atom is 0.227 e. The van der Waals surface area contributed by atoms with Crippen molar-refractivity contribution in [1.82, 2.24) is 4.90 Å². The van der Waals surface area contributed by atoms with E-state index in [-0.39, 0.29) is 17.4 Å². The largest absolute Gasteiger partial charge is 0.341 e. The van der Waals surface area contributed by atoms with Gasteiger partial charge in [0.05, 0.1) is 5.92 Å².